The van der Waals surface area contributed by atoms with Crippen LogP contribution in [0.5, 0.6) is 5.75 Å². The molecule has 0 saturated carbocycles. The maximum atomic E-state index is 11.1. The number of Topliss-reactive ketones (excluding diaryl/α,β-unsaturated/α-hetero) is 1. The van der Waals surface area contributed by atoms with Crippen molar-refractivity contribution in [2.75, 3.05) is 39.5 Å². The second-order valence-electron chi connectivity index (χ2n) is 7.93. The van der Waals surface area contributed by atoms with E-state index in [4.69, 9.17) is 9.47 Å². The number of carbonyl (C=O) groups excluding carboxylic acids is 1. The van der Waals surface area contributed by atoms with E-state index >= 15 is 0 Å². The minimum Gasteiger partial charge on any atom is -0.492 e. The fourth-order valence-electron chi connectivity index (χ4n) is 3.39. The van der Waals surface area contributed by atoms with Crippen LogP contribution in [0.15, 0.2) is 67.0 Å². The molecule has 1 aliphatic heterocycles. The van der Waals surface area contributed by atoms with Crippen molar-refractivity contribution in [1.29, 1.82) is 0 Å². The summed E-state index contributed by atoms with van der Waals surface area (Å²) in [4.78, 5) is 21.9. The number of morpholine rings is 1. The van der Waals surface area contributed by atoms with Crippen LogP contribution in [0, 0.1) is 0 Å². The van der Waals surface area contributed by atoms with Crippen molar-refractivity contribution in [2.45, 2.75) is 54.4 Å². The summed E-state index contributed by atoms with van der Waals surface area (Å²) in [6.45, 7) is 16.8. The average molecular weight is 508 g/mol. The number of rotatable bonds is 8. The summed E-state index contributed by atoms with van der Waals surface area (Å²) < 4.78 is 11.1. The molecule has 6 nitrogen and oxygen atoms in total. The van der Waals surface area contributed by atoms with Gasteiger partial charge in [0, 0.05) is 37.6 Å². The van der Waals surface area contributed by atoms with E-state index < -0.39 is 0 Å². The summed E-state index contributed by atoms with van der Waals surface area (Å²) in [7, 11) is 0. The van der Waals surface area contributed by atoms with E-state index in [9.17, 15) is 4.79 Å². The molecule has 0 amide bonds. The van der Waals surface area contributed by atoms with Crippen molar-refractivity contribution in [3.05, 3.63) is 78.4 Å². The number of nitrogens with zero attached hydrogens (tertiary/aromatic N) is 3. The molecule has 1 saturated heterocycles. The maximum Gasteiger partial charge on any atom is 0.137 e. The lowest BCUT2D eigenvalue weighted by Gasteiger charge is -2.26. The lowest BCUT2D eigenvalue weighted by atomic mass is 10.1. The number of carbonyl (C=O) groups is 1. The smallest absolute Gasteiger partial charge is 0.137 e. The van der Waals surface area contributed by atoms with Crippen molar-refractivity contribution in [3.63, 3.8) is 0 Å². The van der Waals surface area contributed by atoms with Gasteiger partial charge in [-0.05, 0) is 36.6 Å². The van der Waals surface area contributed by atoms with Crippen LogP contribution < -0.4 is 4.74 Å². The normalized spacial score (nSPS) is 12.5. The quantitative estimate of drug-likeness (QED) is 0.357. The van der Waals surface area contributed by atoms with Crippen molar-refractivity contribution < 1.29 is 14.3 Å². The molecule has 1 fully saturated rings. The number of ether oxygens (including phenoxy) is 2. The van der Waals surface area contributed by atoms with Crippen molar-refractivity contribution in [1.82, 2.24) is 14.9 Å². The SMILES string of the molecule is CC.CC.CC(=O)Cc1ncc(-c2ccc(OCCN3CCOCC3)cc2)cn1.CCc1ccccc1. The standard InChI is InChI=1S/C19H23N3O3.C8H10.2C2H6/c1-15(23)12-19-20-13-17(14-21-19)16-2-4-18(5-3-16)25-11-8-22-6-9-24-10-7-22;1-2-8-6-4-3-5-7-8;2*1-2/h2-5,13-14H,6-12H2,1H3;3-7H,2H2,1H3;2*1-2H3. The first-order chi connectivity index (χ1) is 18.1. The Kier molecular flexibility index (Phi) is 17.3. The largest absolute Gasteiger partial charge is 0.492 e. The lowest BCUT2D eigenvalue weighted by molar-refractivity contribution is -0.116. The van der Waals surface area contributed by atoms with Gasteiger partial charge in [-0.3, -0.25) is 9.69 Å². The first-order valence-electron chi connectivity index (χ1n) is 13.5. The molecule has 1 aliphatic rings. The minimum absolute atomic E-state index is 0.0614. The molecule has 37 heavy (non-hydrogen) atoms. The van der Waals surface area contributed by atoms with Gasteiger partial charge in [0.2, 0.25) is 0 Å². The molecule has 0 atom stereocenters. The van der Waals surface area contributed by atoms with Crippen LogP contribution in [0.3, 0.4) is 0 Å². The molecule has 2 heterocycles. The predicted octanol–water partition coefficient (Wildman–Crippen LogP) is 6.29. The summed E-state index contributed by atoms with van der Waals surface area (Å²) >= 11 is 0. The molecule has 2 aromatic carbocycles. The third-order valence-corrected chi connectivity index (χ3v) is 5.33. The number of aryl methyl sites for hydroxylation is 1. The van der Waals surface area contributed by atoms with Crippen LogP contribution in [0.1, 0.15) is 52.9 Å². The third kappa shape index (κ3) is 13.1. The van der Waals surface area contributed by atoms with Gasteiger partial charge in [-0.15, -0.1) is 0 Å². The van der Waals surface area contributed by atoms with Gasteiger partial charge < -0.3 is 9.47 Å². The number of ketones is 1. The van der Waals surface area contributed by atoms with E-state index in [1.165, 1.54) is 12.5 Å². The van der Waals surface area contributed by atoms with Gasteiger partial charge in [-0.2, -0.15) is 0 Å². The fourth-order valence-corrected chi connectivity index (χ4v) is 3.39. The van der Waals surface area contributed by atoms with E-state index in [0.29, 0.717) is 12.4 Å². The highest BCUT2D eigenvalue weighted by Gasteiger charge is 2.10. The Bertz CT molecular complexity index is 955. The third-order valence-electron chi connectivity index (χ3n) is 5.33. The van der Waals surface area contributed by atoms with Crippen LogP contribution in [-0.4, -0.2) is 60.1 Å². The van der Waals surface area contributed by atoms with Gasteiger partial charge in [-0.25, -0.2) is 9.97 Å². The van der Waals surface area contributed by atoms with Gasteiger partial charge in [0.05, 0.1) is 19.6 Å². The second-order valence-corrected chi connectivity index (χ2v) is 7.93. The van der Waals surface area contributed by atoms with E-state index in [0.717, 1.165) is 56.1 Å². The lowest BCUT2D eigenvalue weighted by Crippen LogP contribution is -2.38. The van der Waals surface area contributed by atoms with E-state index in [1.807, 2.05) is 58.0 Å². The van der Waals surface area contributed by atoms with Gasteiger partial charge in [0.15, 0.2) is 0 Å². The van der Waals surface area contributed by atoms with Crippen LogP contribution in [0.25, 0.3) is 11.1 Å². The van der Waals surface area contributed by atoms with Crippen LogP contribution in [-0.2, 0) is 22.4 Å². The zero-order chi connectivity index (χ0) is 27.3. The minimum atomic E-state index is 0.0614. The molecule has 1 aromatic heterocycles. The molecule has 0 spiro atoms. The highest BCUT2D eigenvalue weighted by molar-refractivity contribution is 5.77. The van der Waals surface area contributed by atoms with E-state index in [-0.39, 0.29) is 12.2 Å². The van der Waals surface area contributed by atoms with Crippen molar-refractivity contribution >= 4 is 5.78 Å². The van der Waals surface area contributed by atoms with Crippen molar-refractivity contribution in [3.8, 4) is 16.9 Å². The van der Waals surface area contributed by atoms with Crippen LogP contribution in [0.4, 0.5) is 0 Å². The Hall–Kier alpha value is -3.09. The molecule has 0 N–H and O–H groups in total. The Morgan fingerprint density at radius 1 is 0.892 bits per heavy atom. The van der Waals surface area contributed by atoms with Crippen molar-refractivity contribution in [2.24, 2.45) is 0 Å². The first kappa shape index (κ1) is 31.9. The Morgan fingerprint density at radius 3 is 2.00 bits per heavy atom. The summed E-state index contributed by atoms with van der Waals surface area (Å²) in [6, 6.07) is 18.4. The Labute approximate surface area is 224 Å². The monoisotopic (exact) mass is 507 g/mol. The molecular weight excluding hydrogens is 462 g/mol. The maximum absolute atomic E-state index is 11.1. The van der Waals surface area contributed by atoms with Crippen LogP contribution >= 0.6 is 0 Å². The molecule has 0 radical (unpaired) electrons. The van der Waals surface area contributed by atoms with Gasteiger partial charge >= 0.3 is 0 Å². The summed E-state index contributed by atoms with van der Waals surface area (Å²) in [6.07, 6.45) is 4.91. The molecule has 0 bridgehead atoms. The molecule has 6 heteroatoms. The summed E-state index contributed by atoms with van der Waals surface area (Å²) in [5.41, 5.74) is 3.36. The molecule has 3 aromatic rings. The highest BCUT2D eigenvalue weighted by Crippen LogP contribution is 2.21. The number of aromatic nitrogens is 2. The van der Waals surface area contributed by atoms with E-state index in [1.54, 1.807) is 12.4 Å². The highest BCUT2D eigenvalue weighted by atomic mass is 16.5. The van der Waals surface area contributed by atoms with E-state index in [2.05, 4.69) is 46.1 Å². The zero-order valence-electron chi connectivity index (χ0n) is 23.6. The molecule has 4 rings (SSSR count). The number of hydrogen-bond acceptors (Lipinski definition) is 6. The predicted molar refractivity (Wildman–Crippen MR) is 153 cm³/mol. The van der Waals surface area contributed by atoms with Gasteiger partial charge in [0.25, 0.3) is 0 Å². The average Bonchev–Trinajstić information content (AvgIpc) is 2.97. The molecular formula is C31H45N3O3. The van der Waals surface area contributed by atoms with Gasteiger partial charge in [0.1, 0.15) is 24.0 Å². The summed E-state index contributed by atoms with van der Waals surface area (Å²) in [5.74, 6) is 1.47. The number of benzene rings is 2. The topological polar surface area (TPSA) is 64.5 Å². The number of hydrogen-bond donors (Lipinski definition) is 0. The van der Waals surface area contributed by atoms with Crippen LogP contribution in [0.2, 0.25) is 0 Å². The molecule has 0 aliphatic carbocycles. The fraction of sp³-hybridized carbons (Fsp3) is 0.452. The van der Waals surface area contributed by atoms with Gasteiger partial charge in [-0.1, -0.05) is 77.1 Å². The molecule has 202 valence electrons. The zero-order valence-corrected chi connectivity index (χ0v) is 23.6. The Morgan fingerprint density at radius 2 is 1.49 bits per heavy atom. The molecule has 0 unspecified atom stereocenters. The summed E-state index contributed by atoms with van der Waals surface area (Å²) in [5, 5.41) is 0. The second kappa shape index (κ2) is 20.0. The Balaban J connectivity index is 0.000000478. The first-order valence-corrected chi connectivity index (χ1v) is 13.5.